The van der Waals surface area contributed by atoms with Crippen molar-refractivity contribution in [3.63, 3.8) is 0 Å². The Morgan fingerprint density at radius 1 is 1.27 bits per heavy atom. The Morgan fingerprint density at radius 2 is 1.88 bits per heavy atom. The van der Waals surface area contributed by atoms with Gasteiger partial charge < -0.3 is 15.2 Å². The summed E-state index contributed by atoms with van der Waals surface area (Å²) in [6, 6.07) is 9.35. The Hall–Kier alpha value is -2.80. The minimum atomic E-state index is -1.28. The van der Waals surface area contributed by atoms with Gasteiger partial charge in [0.15, 0.2) is 5.82 Å². The molecule has 6 nitrogen and oxygen atoms in total. The molecule has 0 aliphatic rings. The van der Waals surface area contributed by atoms with E-state index in [-0.39, 0.29) is 18.4 Å². The monoisotopic (exact) mass is 359 g/mol. The van der Waals surface area contributed by atoms with Crippen LogP contribution in [0.15, 0.2) is 54.6 Å². The van der Waals surface area contributed by atoms with Crippen LogP contribution in [0.2, 0.25) is 0 Å². The van der Waals surface area contributed by atoms with Gasteiger partial charge in [-0.15, -0.1) is 0 Å². The van der Waals surface area contributed by atoms with Crippen molar-refractivity contribution in [2.45, 2.75) is 32.5 Å². The van der Waals surface area contributed by atoms with Crippen LogP contribution in [-0.2, 0) is 4.74 Å². The van der Waals surface area contributed by atoms with Crippen LogP contribution in [0, 0.1) is 0 Å². The second-order valence-electron chi connectivity index (χ2n) is 6.65. The van der Waals surface area contributed by atoms with Crippen LogP contribution < -0.4 is 5.32 Å². The van der Waals surface area contributed by atoms with Crippen LogP contribution in [0.1, 0.15) is 32.4 Å². The summed E-state index contributed by atoms with van der Waals surface area (Å²) in [6.07, 6.45) is 1.14. The highest BCUT2D eigenvalue weighted by Gasteiger charge is 2.19. The number of amides is 1. The number of carbonyl (C=O) groups excluding carboxylic acids is 1. The van der Waals surface area contributed by atoms with E-state index >= 15 is 0 Å². The average molecular weight is 359 g/mol. The maximum atomic E-state index is 13.2. The highest BCUT2D eigenvalue weighted by Crippen LogP contribution is 2.22. The molecule has 1 heterocycles. The van der Waals surface area contributed by atoms with Crippen molar-refractivity contribution in [2.75, 3.05) is 6.54 Å². The highest BCUT2D eigenvalue weighted by atomic mass is 19.1. The van der Waals surface area contributed by atoms with Crippen LogP contribution >= 0.6 is 0 Å². The Bertz CT molecular complexity index is 756. The van der Waals surface area contributed by atoms with Crippen LogP contribution in [-0.4, -0.2) is 33.3 Å². The minimum Gasteiger partial charge on any atom is -0.444 e. The Kier molecular flexibility index (Phi) is 6.41. The van der Waals surface area contributed by atoms with Crippen molar-refractivity contribution in [3.05, 3.63) is 60.2 Å². The number of alkyl carbamates (subject to hydrolysis) is 1. The summed E-state index contributed by atoms with van der Waals surface area (Å²) in [5.74, 6) is 0.499. The zero-order valence-corrected chi connectivity index (χ0v) is 14.9. The number of hydrogen-bond acceptors (Lipinski definition) is 5. The molecule has 1 unspecified atom stereocenters. The predicted octanol–water partition coefficient (Wildman–Crippen LogP) is 3.56. The SMILES string of the molecule is CC(C)(C)OC(=O)NCC(=CF)C(O)c1cnc(-c2ccccc2)nc1. The van der Waals surface area contributed by atoms with Gasteiger partial charge in [-0.05, 0) is 20.8 Å². The van der Waals surface area contributed by atoms with Crippen LogP contribution in [0.4, 0.5) is 9.18 Å². The van der Waals surface area contributed by atoms with Crippen molar-refractivity contribution < 1.29 is 19.0 Å². The fraction of sp³-hybridized carbons (Fsp3) is 0.316. The van der Waals surface area contributed by atoms with E-state index in [4.69, 9.17) is 4.74 Å². The van der Waals surface area contributed by atoms with Gasteiger partial charge in [-0.3, -0.25) is 0 Å². The standard InChI is InChI=1S/C19H22FN3O3/c1-19(2,3)26-18(25)23-10-14(9-20)16(24)15-11-21-17(22-12-15)13-7-5-4-6-8-13/h4-9,11-12,16,24H,10H2,1-3H3,(H,23,25). The van der Waals surface area contributed by atoms with E-state index in [0.717, 1.165) is 5.56 Å². The fourth-order valence-corrected chi connectivity index (χ4v) is 2.11. The summed E-state index contributed by atoms with van der Waals surface area (Å²) >= 11 is 0. The molecule has 2 rings (SSSR count). The van der Waals surface area contributed by atoms with Crippen molar-refractivity contribution in [1.29, 1.82) is 0 Å². The van der Waals surface area contributed by atoms with Crippen molar-refractivity contribution in [1.82, 2.24) is 15.3 Å². The predicted molar refractivity (Wildman–Crippen MR) is 95.9 cm³/mol. The van der Waals surface area contributed by atoms with Crippen molar-refractivity contribution in [3.8, 4) is 11.4 Å². The molecule has 1 amide bonds. The zero-order valence-electron chi connectivity index (χ0n) is 14.9. The number of aliphatic hydroxyl groups is 1. The maximum absolute atomic E-state index is 13.2. The summed E-state index contributed by atoms with van der Waals surface area (Å²) in [6.45, 7) is 4.96. The first kappa shape index (κ1) is 19.5. The number of benzene rings is 1. The first-order valence-corrected chi connectivity index (χ1v) is 8.11. The largest absolute Gasteiger partial charge is 0.444 e. The summed E-state index contributed by atoms with van der Waals surface area (Å²) in [5, 5.41) is 12.7. The molecule has 1 aromatic carbocycles. The first-order chi connectivity index (χ1) is 12.3. The zero-order chi connectivity index (χ0) is 19.2. The highest BCUT2D eigenvalue weighted by molar-refractivity contribution is 5.68. The third-order valence-corrected chi connectivity index (χ3v) is 3.35. The summed E-state index contributed by atoms with van der Waals surface area (Å²) in [7, 11) is 0. The quantitative estimate of drug-likeness (QED) is 0.853. The summed E-state index contributed by atoms with van der Waals surface area (Å²) in [5.41, 5.74) is 0.455. The van der Waals surface area contributed by atoms with Crippen molar-refractivity contribution >= 4 is 6.09 Å². The molecule has 0 saturated heterocycles. The number of aliphatic hydroxyl groups excluding tert-OH is 1. The van der Waals surface area contributed by atoms with Gasteiger partial charge in [0.1, 0.15) is 11.7 Å². The van der Waals surface area contributed by atoms with E-state index < -0.39 is 17.8 Å². The molecule has 0 radical (unpaired) electrons. The molecule has 2 N–H and O–H groups in total. The minimum absolute atomic E-state index is 0.0353. The topological polar surface area (TPSA) is 84.3 Å². The lowest BCUT2D eigenvalue weighted by Gasteiger charge is -2.20. The molecule has 0 aliphatic heterocycles. The van der Waals surface area contributed by atoms with E-state index in [9.17, 15) is 14.3 Å². The number of halogens is 1. The molecule has 26 heavy (non-hydrogen) atoms. The number of carbonyl (C=O) groups is 1. The molecule has 0 fully saturated rings. The van der Waals surface area contributed by atoms with Gasteiger partial charge in [-0.25, -0.2) is 19.2 Å². The first-order valence-electron chi connectivity index (χ1n) is 8.11. The van der Waals surface area contributed by atoms with Gasteiger partial charge in [0.05, 0.1) is 6.33 Å². The average Bonchev–Trinajstić information content (AvgIpc) is 2.61. The lowest BCUT2D eigenvalue weighted by atomic mass is 10.1. The fourth-order valence-electron chi connectivity index (χ4n) is 2.11. The Balaban J connectivity index is 2.02. The van der Waals surface area contributed by atoms with E-state index in [1.165, 1.54) is 12.4 Å². The molecule has 0 saturated carbocycles. The smallest absolute Gasteiger partial charge is 0.407 e. The van der Waals surface area contributed by atoms with E-state index in [2.05, 4.69) is 15.3 Å². The van der Waals surface area contributed by atoms with Crippen molar-refractivity contribution in [2.24, 2.45) is 0 Å². The van der Waals surface area contributed by atoms with Gasteiger partial charge in [0.2, 0.25) is 0 Å². The van der Waals surface area contributed by atoms with Gasteiger partial charge >= 0.3 is 6.09 Å². The Morgan fingerprint density at radius 3 is 2.42 bits per heavy atom. The molecule has 0 bridgehead atoms. The number of nitrogens with zero attached hydrogens (tertiary/aromatic N) is 2. The van der Waals surface area contributed by atoms with E-state index in [0.29, 0.717) is 11.4 Å². The molecule has 138 valence electrons. The van der Waals surface area contributed by atoms with Crippen LogP contribution in [0.3, 0.4) is 0 Å². The summed E-state index contributed by atoms with van der Waals surface area (Å²) in [4.78, 5) is 20.0. The van der Waals surface area contributed by atoms with Crippen LogP contribution in [0.25, 0.3) is 11.4 Å². The van der Waals surface area contributed by atoms with Gasteiger partial charge in [0, 0.05) is 35.6 Å². The molecule has 1 atom stereocenters. The molecular weight excluding hydrogens is 337 g/mol. The van der Waals surface area contributed by atoms with Gasteiger partial charge in [-0.2, -0.15) is 0 Å². The van der Waals surface area contributed by atoms with E-state index in [1.807, 2.05) is 30.3 Å². The molecule has 1 aromatic heterocycles. The third-order valence-electron chi connectivity index (χ3n) is 3.35. The molecule has 0 spiro atoms. The van der Waals surface area contributed by atoms with Gasteiger partial charge in [0.25, 0.3) is 0 Å². The third kappa shape index (κ3) is 5.63. The second-order valence-corrected chi connectivity index (χ2v) is 6.65. The molecule has 7 heteroatoms. The maximum Gasteiger partial charge on any atom is 0.407 e. The lowest BCUT2D eigenvalue weighted by molar-refractivity contribution is 0.0529. The number of hydrogen-bond donors (Lipinski definition) is 2. The molecule has 2 aromatic rings. The summed E-state index contributed by atoms with van der Waals surface area (Å²) < 4.78 is 18.2. The number of ether oxygens (including phenoxy) is 1. The lowest BCUT2D eigenvalue weighted by Crippen LogP contribution is -2.34. The number of aromatic nitrogens is 2. The van der Waals surface area contributed by atoms with E-state index in [1.54, 1.807) is 20.8 Å². The molecule has 0 aliphatic carbocycles. The Labute approximate surface area is 151 Å². The normalized spacial score (nSPS) is 13.2. The number of nitrogens with one attached hydrogen (secondary N) is 1. The van der Waals surface area contributed by atoms with Gasteiger partial charge in [-0.1, -0.05) is 30.3 Å². The van der Waals surface area contributed by atoms with Crippen LogP contribution in [0.5, 0.6) is 0 Å². The number of rotatable bonds is 5. The second kappa shape index (κ2) is 8.53. The molecular formula is C19H22FN3O3.